The Kier molecular flexibility index (Phi) is 7.27. The molecule has 1 aliphatic heterocycles. The molecule has 5 rings (SSSR count). The molecule has 2 heterocycles. The van der Waals surface area contributed by atoms with Gasteiger partial charge >= 0.3 is 12.0 Å². The lowest BCUT2D eigenvalue weighted by atomic mass is 10.0. The Morgan fingerprint density at radius 1 is 1.02 bits per heavy atom. The zero-order valence-electron chi connectivity index (χ0n) is 21.1. The van der Waals surface area contributed by atoms with Gasteiger partial charge in [-0.2, -0.15) is 0 Å². The fourth-order valence-corrected chi connectivity index (χ4v) is 4.13. The lowest BCUT2D eigenvalue weighted by Gasteiger charge is -2.13. The molecule has 0 unspecified atom stereocenters. The van der Waals surface area contributed by atoms with Crippen LogP contribution in [0.25, 0.3) is 16.8 Å². The standard InChI is InChI=1S/C29H22FN3O7/c1-38-28(36)25-13-11-18(40-25)15-33-27(35)23(32-29(33)37)14-20-19-7-3-2-6-17(19)10-12-24(20)39-16-26(34)31-22-9-5-4-8-21(22)30/h2-14H,15-16H2,1H3,(H,31,34)(H,32,37)/b23-14-. The van der Waals surface area contributed by atoms with Crippen LogP contribution in [0.2, 0.25) is 0 Å². The number of para-hydroxylation sites is 1. The summed E-state index contributed by atoms with van der Waals surface area (Å²) in [5.74, 6) is -2.06. The second-order valence-corrected chi connectivity index (χ2v) is 8.65. The van der Waals surface area contributed by atoms with E-state index in [2.05, 4.69) is 15.4 Å². The van der Waals surface area contributed by atoms with Crippen LogP contribution in [-0.4, -0.2) is 42.4 Å². The summed E-state index contributed by atoms with van der Waals surface area (Å²) in [6.07, 6.45) is 1.47. The number of fused-ring (bicyclic) bond motifs is 1. The number of esters is 1. The third-order valence-corrected chi connectivity index (χ3v) is 6.05. The lowest BCUT2D eigenvalue weighted by Crippen LogP contribution is -2.30. The number of anilines is 1. The summed E-state index contributed by atoms with van der Waals surface area (Å²) < 4.78 is 29.7. The summed E-state index contributed by atoms with van der Waals surface area (Å²) >= 11 is 0. The molecule has 0 atom stereocenters. The summed E-state index contributed by atoms with van der Waals surface area (Å²) in [5, 5.41) is 6.54. The Labute approximate surface area is 227 Å². The molecule has 11 heteroatoms. The van der Waals surface area contributed by atoms with E-state index >= 15 is 0 Å². The van der Waals surface area contributed by atoms with Gasteiger partial charge in [-0.25, -0.2) is 14.0 Å². The van der Waals surface area contributed by atoms with Crippen molar-refractivity contribution in [2.24, 2.45) is 0 Å². The molecule has 1 aromatic heterocycles. The lowest BCUT2D eigenvalue weighted by molar-refractivity contribution is -0.123. The minimum atomic E-state index is -0.685. The molecule has 0 spiro atoms. The van der Waals surface area contributed by atoms with Crippen molar-refractivity contribution in [3.05, 3.63) is 101 Å². The Bertz CT molecular complexity index is 1680. The quantitative estimate of drug-likeness (QED) is 0.191. The smallest absolute Gasteiger partial charge is 0.373 e. The number of carbonyl (C=O) groups is 4. The fraction of sp³-hybridized carbons (Fsp3) is 0.103. The molecule has 0 radical (unpaired) electrons. The average Bonchev–Trinajstić information content (AvgIpc) is 3.53. The summed E-state index contributed by atoms with van der Waals surface area (Å²) in [6.45, 7) is -0.648. The normalized spacial score (nSPS) is 13.9. The van der Waals surface area contributed by atoms with Crippen molar-refractivity contribution in [3.63, 3.8) is 0 Å². The molecular formula is C29H22FN3O7. The first-order chi connectivity index (χ1) is 19.3. The molecule has 0 aliphatic carbocycles. The molecule has 40 heavy (non-hydrogen) atoms. The monoisotopic (exact) mass is 543 g/mol. The predicted molar refractivity (Wildman–Crippen MR) is 142 cm³/mol. The van der Waals surface area contributed by atoms with Crippen LogP contribution in [0.5, 0.6) is 5.75 Å². The number of methoxy groups -OCH3 is 1. The van der Waals surface area contributed by atoms with E-state index in [1.165, 1.54) is 43.5 Å². The van der Waals surface area contributed by atoms with E-state index in [0.717, 1.165) is 10.3 Å². The van der Waals surface area contributed by atoms with Crippen molar-refractivity contribution in [2.75, 3.05) is 19.0 Å². The van der Waals surface area contributed by atoms with Gasteiger partial charge in [-0.3, -0.25) is 14.5 Å². The summed E-state index contributed by atoms with van der Waals surface area (Å²) in [7, 11) is 1.21. The van der Waals surface area contributed by atoms with Gasteiger partial charge in [0, 0.05) is 5.56 Å². The number of halogens is 1. The largest absolute Gasteiger partial charge is 0.483 e. The van der Waals surface area contributed by atoms with Gasteiger partial charge in [-0.1, -0.05) is 42.5 Å². The van der Waals surface area contributed by atoms with Gasteiger partial charge in [0.25, 0.3) is 11.8 Å². The van der Waals surface area contributed by atoms with Gasteiger partial charge in [-0.15, -0.1) is 0 Å². The number of carbonyl (C=O) groups excluding carboxylic acids is 4. The van der Waals surface area contributed by atoms with Gasteiger partial charge in [0.05, 0.1) is 19.3 Å². The van der Waals surface area contributed by atoms with Crippen molar-refractivity contribution in [3.8, 4) is 5.75 Å². The number of rotatable bonds is 8. The van der Waals surface area contributed by atoms with Crippen molar-refractivity contribution < 1.29 is 37.5 Å². The van der Waals surface area contributed by atoms with Crippen LogP contribution in [0.3, 0.4) is 0 Å². The minimum Gasteiger partial charge on any atom is -0.483 e. The van der Waals surface area contributed by atoms with E-state index in [4.69, 9.17) is 9.15 Å². The molecule has 2 N–H and O–H groups in total. The van der Waals surface area contributed by atoms with Crippen molar-refractivity contribution >= 4 is 46.4 Å². The molecule has 4 aromatic rings. The second kappa shape index (κ2) is 11.1. The number of furan rings is 1. The van der Waals surface area contributed by atoms with Crippen LogP contribution in [-0.2, 0) is 20.9 Å². The van der Waals surface area contributed by atoms with Gasteiger partial charge in [0.15, 0.2) is 6.61 Å². The minimum absolute atomic E-state index is 0.0200. The molecule has 10 nitrogen and oxygen atoms in total. The number of benzene rings is 3. The number of nitrogens with one attached hydrogen (secondary N) is 2. The highest BCUT2D eigenvalue weighted by molar-refractivity contribution is 6.14. The van der Waals surface area contributed by atoms with Crippen molar-refractivity contribution in [1.29, 1.82) is 0 Å². The van der Waals surface area contributed by atoms with E-state index in [9.17, 15) is 23.6 Å². The van der Waals surface area contributed by atoms with Crippen LogP contribution >= 0.6 is 0 Å². The SMILES string of the molecule is COC(=O)c1ccc(CN2C(=O)N/C(=C\c3c(OCC(=O)Nc4ccccc4F)ccc4ccccc34)C2=O)o1. The maximum atomic E-state index is 13.9. The maximum absolute atomic E-state index is 13.9. The molecule has 202 valence electrons. The highest BCUT2D eigenvalue weighted by Gasteiger charge is 2.34. The molecule has 4 amide bonds. The van der Waals surface area contributed by atoms with Crippen LogP contribution < -0.4 is 15.4 Å². The van der Waals surface area contributed by atoms with Gasteiger partial charge < -0.3 is 24.5 Å². The number of urea groups is 1. The zero-order chi connectivity index (χ0) is 28.2. The molecule has 0 saturated carbocycles. The fourth-order valence-electron chi connectivity index (χ4n) is 4.13. The first-order valence-corrected chi connectivity index (χ1v) is 12.0. The van der Waals surface area contributed by atoms with Crippen molar-refractivity contribution in [2.45, 2.75) is 6.54 Å². The molecule has 1 saturated heterocycles. The van der Waals surface area contributed by atoms with E-state index in [1.807, 2.05) is 18.2 Å². The number of amides is 4. The number of ether oxygens (including phenoxy) is 2. The highest BCUT2D eigenvalue weighted by atomic mass is 19.1. The molecule has 3 aromatic carbocycles. The van der Waals surface area contributed by atoms with Crippen LogP contribution in [0.15, 0.2) is 82.9 Å². The molecule has 1 aliphatic rings. The first kappa shape index (κ1) is 26.2. The zero-order valence-corrected chi connectivity index (χ0v) is 21.1. The third kappa shape index (κ3) is 5.39. The third-order valence-electron chi connectivity index (χ3n) is 6.05. The maximum Gasteiger partial charge on any atom is 0.373 e. The Morgan fingerprint density at radius 2 is 1.80 bits per heavy atom. The van der Waals surface area contributed by atoms with Gasteiger partial charge in [-0.05, 0) is 47.2 Å². The topological polar surface area (TPSA) is 127 Å². The summed E-state index contributed by atoms with van der Waals surface area (Å²) in [4.78, 5) is 50.9. The Balaban J connectivity index is 1.39. The number of nitrogens with zero attached hydrogens (tertiary/aromatic N) is 1. The molecule has 1 fully saturated rings. The molecular weight excluding hydrogens is 521 g/mol. The first-order valence-electron chi connectivity index (χ1n) is 12.0. The highest BCUT2D eigenvalue weighted by Crippen LogP contribution is 2.31. The number of imide groups is 1. The Morgan fingerprint density at radius 3 is 2.60 bits per heavy atom. The van der Waals surface area contributed by atoms with Crippen LogP contribution in [0.1, 0.15) is 21.9 Å². The van der Waals surface area contributed by atoms with E-state index < -0.39 is 36.2 Å². The number of hydrogen-bond donors (Lipinski definition) is 2. The van der Waals surface area contributed by atoms with E-state index in [-0.39, 0.29) is 35.2 Å². The van der Waals surface area contributed by atoms with Crippen molar-refractivity contribution in [1.82, 2.24) is 10.2 Å². The average molecular weight is 544 g/mol. The Hall–Kier alpha value is -5.45. The predicted octanol–water partition coefficient (Wildman–Crippen LogP) is 4.47. The van der Waals surface area contributed by atoms with Crippen LogP contribution in [0, 0.1) is 5.82 Å². The van der Waals surface area contributed by atoms with Gasteiger partial charge in [0.2, 0.25) is 5.76 Å². The molecule has 0 bridgehead atoms. The van der Waals surface area contributed by atoms with Crippen LogP contribution in [0.4, 0.5) is 14.9 Å². The summed E-state index contributed by atoms with van der Waals surface area (Å²) in [6, 6.07) is 18.7. The summed E-state index contributed by atoms with van der Waals surface area (Å²) in [5.41, 5.74) is 0.446. The van der Waals surface area contributed by atoms with E-state index in [1.54, 1.807) is 24.3 Å². The van der Waals surface area contributed by atoms with E-state index in [0.29, 0.717) is 10.9 Å². The number of hydrogen-bond acceptors (Lipinski definition) is 7. The van der Waals surface area contributed by atoms with Gasteiger partial charge in [0.1, 0.15) is 23.0 Å². The second-order valence-electron chi connectivity index (χ2n) is 8.65.